The number of para-hydroxylation sites is 2. The Morgan fingerprint density at radius 1 is 0.946 bits per heavy atom. The Bertz CT molecular complexity index is 1370. The lowest BCUT2D eigenvalue weighted by Gasteiger charge is -2.29. The molecule has 0 spiro atoms. The van der Waals surface area contributed by atoms with E-state index in [2.05, 4.69) is 5.32 Å². The summed E-state index contributed by atoms with van der Waals surface area (Å²) >= 11 is 11.9. The molecule has 0 saturated carbocycles. The fourth-order valence-corrected chi connectivity index (χ4v) is 4.79. The molecular weight excluding hydrogens is 539 g/mol. The number of carbonyl (C=O) groups is 1. The zero-order valence-corrected chi connectivity index (χ0v) is 23.2. The van der Waals surface area contributed by atoms with Gasteiger partial charge in [-0.25, -0.2) is 4.79 Å². The average Bonchev–Trinajstić information content (AvgIpc) is 2.88. The Labute approximate surface area is 227 Å². The van der Waals surface area contributed by atoms with Crippen molar-refractivity contribution in [2.24, 2.45) is 0 Å². The summed E-state index contributed by atoms with van der Waals surface area (Å²) in [4.78, 5) is 14.7. The summed E-state index contributed by atoms with van der Waals surface area (Å²) in [6, 6.07) is 15.4. The van der Waals surface area contributed by atoms with E-state index >= 15 is 0 Å². The second-order valence-corrected chi connectivity index (χ2v) is 10.5. The molecule has 37 heavy (non-hydrogen) atoms. The number of rotatable bonds is 10. The van der Waals surface area contributed by atoms with Crippen molar-refractivity contribution in [3.63, 3.8) is 0 Å². The molecule has 0 radical (unpaired) electrons. The first-order chi connectivity index (χ1) is 17.6. The molecule has 0 aliphatic carbocycles. The van der Waals surface area contributed by atoms with Gasteiger partial charge < -0.3 is 23.9 Å². The van der Waals surface area contributed by atoms with E-state index in [-0.39, 0.29) is 45.1 Å². The second kappa shape index (κ2) is 12.4. The first kappa shape index (κ1) is 28.4. The van der Waals surface area contributed by atoms with Gasteiger partial charge in [0.1, 0.15) is 10.6 Å². The fraction of sp³-hybridized carbons (Fsp3) is 0.269. The first-order valence-electron chi connectivity index (χ1n) is 11.4. The minimum absolute atomic E-state index is 0.0275. The Kier molecular flexibility index (Phi) is 9.53. The molecule has 0 aliphatic heterocycles. The maximum atomic E-state index is 13.3. The van der Waals surface area contributed by atoms with Crippen LogP contribution >= 0.6 is 23.2 Å². The molecule has 11 heteroatoms. The molecule has 0 fully saturated rings. The number of hydrogen-bond donors (Lipinski definition) is 1. The van der Waals surface area contributed by atoms with Crippen molar-refractivity contribution in [3.05, 3.63) is 76.3 Å². The van der Waals surface area contributed by atoms with Gasteiger partial charge in [-0.3, -0.25) is 0 Å². The van der Waals surface area contributed by atoms with E-state index in [1.165, 1.54) is 38.5 Å². The van der Waals surface area contributed by atoms with Crippen molar-refractivity contribution in [3.8, 4) is 17.2 Å². The average molecular weight is 567 g/mol. The minimum atomic E-state index is -4.25. The van der Waals surface area contributed by atoms with Gasteiger partial charge in [0.05, 0.1) is 30.0 Å². The number of ether oxygens (including phenoxy) is 2. The Hall–Kier alpha value is -3.14. The molecule has 0 saturated heterocycles. The third kappa shape index (κ3) is 7.00. The van der Waals surface area contributed by atoms with E-state index in [1.54, 1.807) is 35.2 Å². The molecule has 2 amide bonds. The summed E-state index contributed by atoms with van der Waals surface area (Å²) in [5, 5.41) is 3.19. The number of anilines is 1. The standard InChI is InChI=1S/C26H28Cl2N2O6S/c1-5-17(2)30(26(31)29-22-8-6-7-9-23(22)34-3)16-18-10-13-24(35-4)25(14-18)36-37(32,33)19-11-12-20(27)21(28)15-19/h6-15,17H,5,16H2,1-4H3,(H,29,31). The number of benzene rings is 3. The summed E-state index contributed by atoms with van der Waals surface area (Å²) in [6.07, 6.45) is 0.699. The molecule has 1 atom stereocenters. The van der Waals surface area contributed by atoms with Gasteiger partial charge in [-0.05, 0) is 61.4 Å². The molecule has 3 aromatic carbocycles. The van der Waals surface area contributed by atoms with Crippen molar-refractivity contribution in [2.75, 3.05) is 19.5 Å². The second-order valence-electron chi connectivity index (χ2n) is 8.11. The van der Waals surface area contributed by atoms with E-state index < -0.39 is 10.1 Å². The lowest BCUT2D eigenvalue weighted by atomic mass is 10.1. The van der Waals surface area contributed by atoms with Gasteiger partial charge in [0.25, 0.3) is 0 Å². The van der Waals surface area contributed by atoms with E-state index in [1.807, 2.05) is 19.9 Å². The third-order valence-corrected chi connectivity index (χ3v) is 7.66. The van der Waals surface area contributed by atoms with Crippen molar-refractivity contribution in [2.45, 2.75) is 37.8 Å². The summed E-state index contributed by atoms with van der Waals surface area (Å²) in [5.74, 6) is 0.717. The van der Waals surface area contributed by atoms with Crippen LogP contribution in [0.25, 0.3) is 0 Å². The molecule has 3 aromatic rings. The van der Waals surface area contributed by atoms with Crippen molar-refractivity contribution in [1.82, 2.24) is 4.90 Å². The highest BCUT2D eigenvalue weighted by Crippen LogP contribution is 2.33. The zero-order valence-electron chi connectivity index (χ0n) is 20.8. The molecule has 0 bridgehead atoms. The van der Waals surface area contributed by atoms with Crippen LogP contribution in [-0.4, -0.2) is 39.6 Å². The lowest BCUT2D eigenvalue weighted by Crippen LogP contribution is -2.40. The number of carbonyl (C=O) groups excluding carboxylic acids is 1. The van der Waals surface area contributed by atoms with Gasteiger partial charge in [-0.1, -0.05) is 48.3 Å². The number of methoxy groups -OCH3 is 2. The van der Waals surface area contributed by atoms with Gasteiger partial charge in [-0.15, -0.1) is 0 Å². The SMILES string of the molecule is CCC(C)N(Cc1ccc(OC)c(OS(=O)(=O)c2ccc(Cl)c(Cl)c2)c1)C(=O)Nc1ccccc1OC. The van der Waals surface area contributed by atoms with Gasteiger partial charge in [-0.2, -0.15) is 8.42 Å². The molecule has 8 nitrogen and oxygen atoms in total. The van der Waals surface area contributed by atoms with Crippen LogP contribution in [0.3, 0.4) is 0 Å². The van der Waals surface area contributed by atoms with Gasteiger partial charge in [0.15, 0.2) is 11.5 Å². The van der Waals surface area contributed by atoms with Crippen LogP contribution in [0.4, 0.5) is 10.5 Å². The van der Waals surface area contributed by atoms with E-state index in [0.29, 0.717) is 23.4 Å². The molecular formula is C26H28Cl2N2O6S. The highest BCUT2D eigenvalue weighted by Gasteiger charge is 2.24. The van der Waals surface area contributed by atoms with Crippen molar-refractivity contribution < 1.29 is 26.9 Å². The van der Waals surface area contributed by atoms with Crippen LogP contribution in [0.15, 0.2) is 65.6 Å². The molecule has 1 unspecified atom stereocenters. The number of nitrogens with zero attached hydrogens (tertiary/aromatic N) is 1. The van der Waals surface area contributed by atoms with E-state index in [0.717, 1.165) is 0 Å². The van der Waals surface area contributed by atoms with Crippen LogP contribution in [0.2, 0.25) is 10.0 Å². The third-order valence-electron chi connectivity index (χ3n) is 5.69. The topological polar surface area (TPSA) is 94.2 Å². The van der Waals surface area contributed by atoms with Crippen molar-refractivity contribution in [1.29, 1.82) is 0 Å². The van der Waals surface area contributed by atoms with Gasteiger partial charge in [0.2, 0.25) is 0 Å². The fourth-order valence-electron chi connectivity index (χ4n) is 3.46. The van der Waals surface area contributed by atoms with E-state index in [9.17, 15) is 13.2 Å². The Morgan fingerprint density at radius 2 is 1.65 bits per heavy atom. The van der Waals surface area contributed by atoms with E-state index in [4.69, 9.17) is 36.9 Å². The molecule has 1 N–H and O–H groups in total. The zero-order chi connectivity index (χ0) is 27.2. The number of amides is 2. The summed E-state index contributed by atoms with van der Waals surface area (Å²) in [7, 11) is -1.31. The van der Waals surface area contributed by atoms with Crippen LogP contribution in [0, 0.1) is 0 Å². The van der Waals surface area contributed by atoms with Crippen LogP contribution < -0.4 is 19.0 Å². The predicted octanol–water partition coefficient (Wildman–Crippen LogP) is 6.61. The minimum Gasteiger partial charge on any atom is -0.495 e. The van der Waals surface area contributed by atoms with Crippen LogP contribution in [-0.2, 0) is 16.7 Å². The summed E-state index contributed by atoms with van der Waals surface area (Å²) < 4.78 is 41.9. The number of halogens is 2. The van der Waals surface area contributed by atoms with Crippen molar-refractivity contribution >= 4 is 45.0 Å². The Balaban J connectivity index is 1.89. The normalized spacial score (nSPS) is 11.9. The first-order valence-corrected chi connectivity index (χ1v) is 13.5. The number of urea groups is 1. The smallest absolute Gasteiger partial charge is 0.339 e. The highest BCUT2D eigenvalue weighted by atomic mass is 35.5. The highest BCUT2D eigenvalue weighted by molar-refractivity contribution is 7.87. The summed E-state index contributed by atoms with van der Waals surface area (Å²) in [5.41, 5.74) is 1.17. The molecule has 198 valence electrons. The quantitative estimate of drug-likeness (QED) is 0.277. The molecule has 0 aromatic heterocycles. The number of hydrogen-bond acceptors (Lipinski definition) is 6. The predicted molar refractivity (Wildman–Crippen MR) is 145 cm³/mol. The van der Waals surface area contributed by atoms with Crippen LogP contribution in [0.1, 0.15) is 25.8 Å². The van der Waals surface area contributed by atoms with Gasteiger partial charge >= 0.3 is 16.1 Å². The monoisotopic (exact) mass is 566 g/mol. The number of nitrogens with one attached hydrogen (secondary N) is 1. The van der Waals surface area contributed by atoms with Gasteiger partial charge in [0, 0.05) is 12.6 Å². The maximum absolute atomic E-state index is 13.3. The molecule has 0 heterocycles. The lowest BCUT2D eigenvalue weighted by molar-refractivity contribution is 0.187. The Morgan fingerprint density at radius 3 is 2.30 bits per heavy atom. The largest absolute Gasteiger partial charge is 0.495 e. The summed E-state index contributed by atoms with van der Waals surface area (Å²) in [6.45, 7) is 4.08. The van der Waals surface area contributed by atoms with Crippen LogP contribution in [0.5, 0.6) is 17.2 Å². The maximum Gasteiger partial charge on any atom is 0.339 e. The molecule has 3 rings (SSSR count). The molecule has 0 aliphatic rings.